The number of hydrogen-bond acceptors (Lipinski definition) is 2. The zero-order valence-electron chi connectivity index (χ0n) is 9.59. The van der Waals surface area contributed by atoms with Crippen molar-refractivity contribution in [3.8, 4) is 0 Å². The van der Waals surface area contributed by atoms with Gasteiger partial charge >= 0.3 is 11.9 Å². The molecule has 90 valence electrons. The third-order valence-electron chi connectivity index (χ3n) is 4.48. The zero-order chi connectivity index (χ0) is 12.0. The van der Waals surface area contributed by atoms with Crippen LogP contribution >= 0.6 is 0 Å². The number of aliphatic carboxylic acids is 2. The number of rotatable bonds is 3. The predicted octanol–water partition coefficient (Wildman–Crippen LogP) is 1.70. The van der Waals surface area contributed by atoms with Crippen molar-refractivity contribution < 1.29 is 19.8 Å². The molecule has 2 rings (SSSR count). The second-order valence-corrected chi connectivity index (χ2v) is 5.53. The van der Waals surface area contributed by atoms with Crippen LogP contribution in [0.4, 0.5) is 0 Å². The first-order chi connectivity index (χ1) is 7.43. The average molecular weight is 226 g/mol. The van der Waals surface area contributed by atoms with Gasteiger partial charge in [0.1, 0.15) is 0 Å². The lowest BCUT2D eigenvalue weighted by molar-refractivity contribution is -0.157. The summed E-state index contributed by atoms with van der Waals surface area (Å²) in [6.45, 7) is 4.19. The van der Waals surface area contributed by atoms with Gasteiger partial charge in [0.2, 0.25) is 0 Å². The molecule has 2 fully saturated rings. The van der Waals surface area contributed by atoms with Crippen molar-refractivity contribution in [1.82, 2.24) is 0 Å². The number of hydrogen-bond donors (Lipinski definition) is 2. The normalized spacial score (nSPS) is 41.6. The molecule has 2 N–H and O–H groups in total. The molecule has 0 radical (unpaired) electrons. The molecule has 4 nitrogen and oxygen atoms in total. The van der Waals surface area contributed by atoms with Gasteiger partial charge in [-0.1, -0.05) is 13.8 Å². The first kappa shape index (κ1) is 11.4. The lowest BCUT2D eigenvalue weighted by Crippen LogP contribution is -2.39. The molecule has 4 heteroatoms. The van der Waals surface area contributed by atoms with Crippen molar-refractivity contribution in [2.75, 3.05) is 0 Å². The highest BCUT2D eigenvalue weighted by Gasteiger charge is 2.58. The molecule has 0 amide bonds. The van der Waals surface area contributed by atoms with Crippen molar-refractivity contribution >= 4 is 11.9 Å². The van der Waals surface area contributed by atoms with Gasteiger partial charge in [0.15, 0.2) is 0 Å². The summed E-state index contributed by atoms with van der Waals surface area (Å²) in [5.41, 5.74) is 0. The van der Waals surface area contributed by atoms with Crippen LogP contribution in [0.2, 0.25) is 0 Å². The van der Waals surface area contributed by atoms with Crippen LogP contribution in [-0.2, 0) is 9.59 Å². The van der Waals surface area contributed by atoms with Gasteiger partial charge < -0.3 is 10.2 Å². The van der Waals surface area contributed by atoms with E-state index < -0.39 is 23.8 Å². The van der Waals surface area contributed by atoms with Crippen LogP contribution in [0.25, 0.3) is 0 Å². The fourth-order valence-corrected chi connectivity index (χ4v) is 3.87. The molecule has 2 bridgehead atoms. The van der Waals surface area contributed by atoms with Crippen LogP contribution < -0.4 is 0 Å². The molecule has 0 saturated heterocycles. The maximum atomic E-state index is 11.2. The molecule has 2 aliphatic rings. The maximum absolute atomic E-state index is 11.2. The summed E-state index contributed by atoms with van der Waals surface area (Å²) >= 11 is 0. The van der Waals surface area contributed by atoms with E-state index in [1.54, 1.807) is 0 Å². The minimum Gasteiger partial charge on any atom is -0.481 e. The summed E-state index contributed by atoms with van der Waals surface area (Å²) < 4.78 is 0. The number of carbonyl (C=O) groups is 2. The van der Waals surface area contributed by atoms with Crippen LogP contribution in [0.3, 0.4) is 0 Å². The largest absolute Gasteiger partial charge is 0.481 e. The highest BCUT2D eigenvalue weighted by molar-refractivity contribution is 5.81. The Hall–Kier alpha value is -1.06. The Morgan fingerprint density at radius 2 is 1.62 bits per heavy atom. The monoisotopic (exact) mass is 226 g/mol. The van der Waals surface area contributed by atoms with E-state index in [9.17, 15) is 14.7 Å². The average Bonchev–Trinajstić information content (AvgIpc) is 2.72. The summed E-state index contributed by atoms with van der Waals surface area (Å²) in [7, 11) is 0. The molecule has 2 saturated carbocycles. The minimum atomic E-state index is -0.929. The van der Waals surface area contributed by atoms with E-state index in [1.807, 2.05) is 0 Å². The standard InChI is InChI=1S/C12H18O4/c1-5(2)7-3-6-4-8(7)10(12(15)16)9(6)11(13)14/h5-10H,3-4H2,1-2H3,(H,13,14)(H,15,16). The molecular formula is C12H18O4. The van der Waals surface area contributed by atoms with Gasteiger partial charge in [-0.3, -0.25) is 9.59 Å². The molecular weight excluding hydrogens is 208 g/mol. The highest BCUT2D eigenvalue weighted by atomic mass is 16.4. The van der Waals surface area contributed by atoms with Crippen molar-refractivity contribution in [3.63, 3.8) is 0 Å². The van der Waals surface area contributed by atoms with E-state index in [2.05, 4.69) is 13.8 Å². The summed E-state index contributed by atoms with van der Waals surface area (Å²) in [6.07, 6.45) is 1.68. The third kappa shape index (κ3) is 1.51. The molecule has 0 aromatic rings. The molecule has 0 spiro atoms. The van der Waals surface area contributed by atoms with Crippen LogP contribution in [0.15, 0.2) is 0 Å². The van der Waals surface area contributed by atoms with E-state index in [0.717, 1.165) is 12.8 Å². The molecule has 0 aliphatic heterocycles. The van der Waals surface area contributed by atoms with Gasteiger partial charge in [0.05, 0.1) is 11.8 Å². The number of carboxylic acids is 2. The van der Waals surface area contributed by atoms with Crippen LogP contribution in [-0.4, -0.2) is 22.2 Å². The SMILES string of the molecule is CC(C)C1CC2CC1C(C(=O)O)C2C(=O)O. The fourth-order valence-electron chi connectivity index (χ4n) is 3.87. The molecule has 5 atom stereocenters. The molecule has 5 unspecified atom stereocenters. The predicted molar refractivity (Wildman–Crippen MR) is 56.8 cm³/mol. The molecule has 16 heavy (non-hydrogen) atoms. The summed E-state index contributed by atoms with van der Waals surface area (Å²) in [5, 5.41) is 18.3. The Kier molecular flexibility index (Phi) is 2.68. The molecule has 2 aliphatic carbocycles. The smallest absolute Gasteiger partial charge is 0.307 e. The van der Waals surface area contributed by atoms with Crippen LogP contribution in [0.1, 0.15) is 26.7 Å². The third-order valence-corrected chi connectivity index (χ3v) is 4.48. The quantitative estimate of drug-likeness (QED) is 0.768. The van der Waals surface area contributed by atoms with Crippen LogP contribution in [0, 0.1) is 35.5 Å². The lowest BCUT2D eigenvalue weighted by Gasteiger charge is -2.33. The van der Waals surface area contributed by atoms with Gasteiger partial charge in [0, 0.05) is 0 Å². The molecule has 0 aromatic carbocycles. The maximum Gasteiger partial charge on any atom is 0.307 e. The molecule has 0 aromatic heterocycles. The van der Waals surface area contributed by atoms with Crippen molar-refractivity contribution in [3.05, 3.63) is 0 Å². The Morgan fingerprint density at radius 3 is 2.06 bits per heavy atom. The zero-order valence-corrected chi connectivity index (χ0v) is 9.59. The van der Waals surface area contributed by atoms with Crippen LogP contribution in [0.5, 0.6) is 0 Å². The number of carboxylic acid groups (broad SMARTS) is 2. The lowest BCUT2D eigenvalue weighted by atomic mass is 9.70. The minimum absolute atomic E-state index is 0.0728. The Bertz CT molecular complexity index is 323. The van der Waals surface area contributed by atoms with E-state index in [0.29, 0.717) is 11.8 Å². The van der Waals surface area contributed by atoms with E-state index >= 15 is 0 Å². The first-order valence-corrected chi connectivity index (χ1v) is 5.89. The Labute approximate surface area is 94.7 Å². The summed E-state index contributed by atoms with van der Waals surface area (Å²) in [4.78, 5) is 22.3. The van der Waals surface area contributed by atoms with Gasteiger partial charge in [-0.05, 0) is 36.5 Å². The Balaban J connectivity index is 2.25. The second kappa shape index (κ2) is 3.75. The summed E-state index contributed by atoms with van der Waals surface area (Å²) in [5.74, 6) is -2.18. The Morgan fingerprint density at radius 1 is 1.06 bits per heavy atom. The fraction of sp³-hybridized carbons (Fsp3) is 0.833. The summed E-state index contributed by atoms with van der Waals surface area (Å²) in [6, 6.07) is 0. The van der Waals surface area contributed by atoms with Crippen molar-refractivity contribution in [1.29, 1.82) is 0 Å². The van der Waals surface area contributed by atoms with E-state index in [-0.39, 0.29) is 11.8 Å². The van der Waals surface area contributed by atoms with Gasteiger partial charge in [-0.2, -0.15) is 0 Å². The van der Waals surface area contributed by atoms with E-state index in [4.69, 9.17) is 5.11 Å². The molecule has 0 heterocycles. The van der Waals surface area contributed by atoms with E-state index in [1.165, 1.54) is 0 Å². The van der Waals surface area contributed by atoms with Gasteiger partial charge in [-0.15, -0.1) is 0 Å². The number of fused-ring (bicyclic) bond motifs is 2. The van der Waals surface area contributed by atoms with Crippen molar-refractivity contribution in [2.24, 2.45) is 35.5 Å². The van der Waals surface area contributed by atoms with Crippen molar-refractivity contribution in [2.45, 2.75) is 26.7 Å². The van der Waals surface area contributed by atoms with Gasteiger partial charge in [-0.25, -0.2) is 0 Å². The first-order valence-electron chi connectivity index (χ1n) is 5.89. The van der Waals surface area contributed by atoms with Gasteiger partial charge in [0.25, 0.3) is 0 Å². The highest BCUT2D eigenvalue weighted by Crippen LogP contribution is 2.57. The topological polar surface area (TPSA) is 74.6 Å². The second-order valence-electron chi connectivity index (χ2n) is 5.53.